The fourth-order valence-corrected chi connectivity index (χ4v) is 3.13. The van der Waals surface area contributed by atoms with Gasteiger partial charge in [-0.1, -0.05) is 44.2 Å². The van der Waals surface area contributed by atoms with Crippen molar-refractivity contribution in [3.05, 3.63) is 47.2 Å². The highest BCUT2D eigenvalue weighted by atomic mass is 16.1. The highest BCUT2D eigenvalue weighted by Gasteiger charge is 2.35. The quantitative estimate of drug-likeness (QED) is 0.873. The van der Waals surface area contributed by atoms with Crippen molar-refractivity contribution < 1.29 is 4.79 Å². The third-order valence-corrected chi connectivity index (χ3v) is 4.04. The summed E-state index contributed by atoms with van der Waals surface area (Å²) in [7, 11) is 0. The van der Waals surface area contributed by atoms with Crippen LogP contribution in [0.2, 0.25) is 0 Å². The topological polar surface area (TPSA) is 79.8 Å². The van der Waals surface area contributed by atoms with Crippen molar-refractivity contribution in [1.82, 2.24) is 4.98 Å². The molecule has 3 rings (SSSR count). The zero-order chi connectivity index (χ0) is 15.9. The number of nitrogen functional groups attached to an aromatic ring is 1. The van der Waals surface area contributed by atoms with Crippen LogP contribution in [0.25, 0.3) is 11.1 Å². The number of fused-ring (bicyclic) bond motifs is 1. The molecule has 110 valence electrons. The largest absolute Gasteiger partial charge is 0.383 e. The molecule has 0 bridgehead atoms. The van der Waals surface area contributed by atoms with Crippen molar-refractivity contribution in [2.75, 3.05) is 5.73 Å². The molecule has 1 heterocycles. The number of carbonyl (C=O) groups is 1. The molecule has 4 nitrogen and oxygen atoms in total. The minimum Gasteiger partial charge on any atom is -0.383 e. The van der Waals surface area contributed by atoms with Gasteiger partial charge in [0.2, 0.25) is 0 Å². The summed E-state index contributed by atoms with van der Waals surface area (Å²) in [6.45, 7) is 4.10. The van der Waals surface area contributed by atoms with Crippen molar-refractivity contribution in [3.8, 4) is 17.2 Å². The summed E-state index contributed by atoms with van der Waals surface area (Å²) in [5.74, 6) is 0.236. The highest BCUT2D eigenvalue weighted by molar-refractivity contribution is 6.06. The van der Waals surface area contributed by atoms with Gasteiger partial charge in [0, 0.05) is 17.5 Å². The molecular formula is C18H17N3O. The molecule has 0 atom stereocenters. The number of hydrogen-bond acceptors (Lipinski definition) is 4. The molecule has 0 fully saturated rings. The number of ketones is 1. The number of benzene rings is 1. The van der Waals surface area contributed by atoms with Gasteiger partial charge in [0.1, 0.15) is 17.5 Å². The predicted molar refractivity (Wildman–Crippen MR) is 85.2 cm³/mol. The van der Waals surface area contributed by atoms with Crippen LogP contribution in [-0.4, -0.2) is 10.8 Å². The van der Waals surface area contributed by atoms with E-state index in [4.69, 9.17) is 5.73 Å². The Hall–Kier alpha value is -2.67. The number of nitrogens with two attached hydrogens (primary N) is 1. The normalized spacial score (nSPS) is 16.0. The number of carbonyl (C=O) groups excluding carboxylic acids is 1. The van der Waals surface area contributed by atoms with Crippen LogP contribution in [0, 0.1) is 16.7 Å². The standard InChI is InChI=1S/C18H17N3O/c1-18(2)8-13-16(14(22)9-18)15(11-6-4-3-5-7-11)12(10-19)17(20)21-13/h3-7H,8-9H2,1-2H3,(H2,20,21). The molecule has 1 aromatic heterocycles. The maximum atomic E-state index is 12.7. The SMILES string of the molecule is CC1(C)CC(=O)c2c(nc(N)c(C#N)c2-c2ccccc2)C1. The number of pyridine rings is 1. The van der Waals surface area contributed by atoms with E-state index in [-0.39, 0.29) is 22.6 Å². The molecule has 0 saturated carbocycles. The van der Waals surface area contributed by atoms with Crippen molar-refractivity contribution >= 4 is 11.6 Å². The van der Waals surface area contributed by atoms with E-state index >= 15 is 0 Å². The first kappa shape index (κ1) is 14.3. The summed E-state index contributed by atoms with van der Waals surface area (Å²) in [4.78, 5) is 17.0. The fourth-order valence-electron chi connectivity index (χ4n) is 3.13. The Morgan fingerprint density at radius 3 is 2.50 bits per heavy atom. The van der Waals surface area contributed by atoms with E-state index in [1.54, 1.807) is 0 Å². The molecule has 22 heavy (non-hydrogen) atoms. The highest BCUT2D eigenvalue weighted by Crippen LogP contribution is 2.40. The smallest absolute Gasteiger partial charge is 0.165 e. The molecular weight excluding hydrogens is 274 g/mol. The van der Waals surface area contributed by atoms with Gasteiger partial charge in [0.25, 0.3) is 0 Å². The average Bonchev–Trinajstić information content (AvgIpc) is 2.45. The van der Waals surface area contributed by atoms with Crippen LogP contribution >= 0.6 is 0 Å². The van der Waals surface area contributed by atoms with Crippen molar-refractivity contribution in [2.45, 2.75) is 26.7 Å². The van der Waals surface area contributed by atoms with Crippen LogP contribution in [0.3, 0.4) is 0 Å². The maximum absolute atomic E-state index is 12.7. The molecule has 2 aromatic rings. The van der Waals surface area contributed by atoms with Crippen LogP contribution in [0.5, 0.6) is 0 Å². The van der Waals surface area contributed by atoms with Gasteiger partial charge in [0.15, 0.2) is 5.78 Å². The molecule has 0 radical (unpaired) electrons. The molecule has 2 N–H and O–H groups in total. The van der Waals surface area contributed by atoms with Gasteiger partial charge in [-0.2, -0.15) is 5.26 Å². The number of hydrogen-bond donors (Lipinski definition) is 1. The number of aromatic nitrogens is 1. The number of rotatable bonds is 1. The summed E-state index contributed by atoms with van der Waals surface area (Å²) in [6, 6.07) is 11.6. The van der Waals surface area contributed by atoms with E-state index in [0.29, 0.717) is 29.7 Å². The molecule has 0 unspecified atom stereocenters. The predicted octanol–water partition coefficient (Wildman–Crippen LogP) is 3.36. The summed E-state index contributed by atoms with van der Waals surface area (Å²) in [6.07, 6.45) is 1.14. The van der Waals surface area contributed by atoms with Gasteiger partial charge in [-0.05, 0) is 17.4 Å². The van der Waals surface area contributed by atoms with E-state index in [1.165, 1.54) is 0 Å². The second kappa shape index (κ2) is 4.96. The van der Waals surface area contributed by atoms with Gasteiger partial charge >= 0.3 is 0 Å². The molecule has 0 spiro atoms. The third-order valence-electron chi connectivity index (χ3n) is 4.04. The lowest BCUT2D eigenvalue weighted by atomic mass is 9.73. The Kier molecular flexibility index (Phi) is 3.22. The zero-order valence-electron chi connectivity index (χ0n) is 12.7. The zero-order valence-corrected chi connectivity index (χ0v) is 12.7. The van der Waals surface area contributed by atoms with Gasteiger partial charge in [0.05, 0.1) is 5.69 Å². The van der Waals surface area contributed by atoms with Crippen LogP contribution < -0.4 is 5.73 Å². The number of anilines is 1. The molecule has 4 heteroatoms. The molecule has 1 aromatic carbocycles. The number of nitrogens with zero attached hydrogens (tertiary/aromatic N) is 2. The van der Waals surface area contributed by atoms with Crippen LogP contribution in [-0.2, 0) is 6.42 Å². The summed E-state index contributed by atoms with van der Waals surface area (Å²) >= 11 is 0. The van der Waals surface area contributed by atoms with Gasteiger partial charge in [-0.3, -0.25) is 4.79 Å². The maximum Gasteiger partial charge on any atom is 0.165 e. The molecule has 0 amide bonds. The lowest BCUT2D eigenvalue weighted by molar-refractivity contribution is 0.0911. The first-order valence-corrected chi connectivity index (χ1v) is 7.24. The fraction of sp³-hybridized carbons (Fsp3) is 0.278. The lowest BCUT2D eigenvalue weighted by Crippen LogP contribution is -2.29. The second-order valence-corrected chi connectivity index (χ2v) is 6.49. The minimum atomic E-state index is -0.133. The monoisotopic (exact) mass is 291 g/mol. The van der Waals surface area contributed by atoms with E-state index in [9.17, 15) is 10.1 Å². The van der Waals surface area contributed by atoms with Gasteiger partial charge in [-0.25, -0.2) is 4.98 Å². The minimum absolute atomic E-state index is 0.0362. The van der Waals surface area contributed by atoms with E-state index in [2.05, 4.69) is 11.1 Å². The number of nitriles is 1. The average molecular weight is 291 g/mol. The van der Waals surface area contributed by atoms with Crippen LogP contribution in [0.15, 0.2) is 30.3 Å². The van der Waals surface area contributed by atoms with E-state index in [0.717, 1.165) is 5.56 Å². The first-order valence-electron chi connectivity index (χ1n) is 7.24. The van der Waals surface area contributed by atoms with E-state index < -0.39 is 0 Å². The van der Waals surface area contributed by atoms with Crippen LogP contribution in [0.1, 0.15) is 41.9 Å². The van der Waals surface area contributed by atoms with Crippen molar-refractivity contribution in [3.63, 3.8) is 0 Å². The Balaban J connectivity index is 2.36. The molecule has 0 aliphatic heterocycles. The van der Waals surface area contributed by atoms with Crippen LogP contribution in [0.4, 0.5) is 5.82 Å². The summed E-state index contributed by atoms with van der Waals surface area (Å²) in [5, 5.41) is 9.47. The van der Waals surface area contributed by atoms with Gasteiger partial charge in [-0.15, -0.1) is 0 Å². The Morgan fingerprint density at radius 2 is 1.86 bits per heavy atom. The van der Waals surface area contributed by atoms with Crippen molar-refractivity contribution in [1.29, 1.82) is 5.26 Å². The Morgan fingerprint density at radius 1 is 1.18 bits per heavy atom. The van der Waals surface area contributed by atoms with E-state index in [1.807, 2.05) is 44.2 Å². The Bertz CT molecular complexity index is 801. The first-order chi connectivity index (χ1) is 10.4. The van der Waals surface area contributed by atoms with Crippen molar-refractivity contribution in [2.24, 2.45) is 5.41 Å². The Labute approximate surface area is 129 Å². The van der Waals surface area contributed by atoms with Gasteiger partial charge < -0.3 is 5.73 Å². The lowest BCUT2D eigenvalue weighted by Gasteiger charge is -2.31. The number of Topliss-reactive ketones (excluding diaryl/α,β-unsaturated/α-hetero) is 1. The third kappa shape index (κ3) is 2.25. The summed E-state index contributed by atoms with van der Waals surface area (Å²) < 4.78 is 0. The molecule has 1 aliphatic carbocycles. The summed E-state index contributed by atoms with van der Waals surface area (Å²) in [5.41, 5.74) is 8.87. The molecule has 1 aliphatic rings. The molecule has 0 saturated heterocycles. The second-order valence-electron chi connectivity index (χ2n) is 6.49.